The molecule has 0 aliphatic rings. The molecule has 0 rings (SSSR count). The zero-order valence-electron chi connectivity index (χ0n) is 10.0. The van der Waals surface area contributed by atoms with Crippen molar-refractivity contribution in [3.8, 4) is 0 Å². The molecule has 0 amide bonds. The fourth-order valence-corrected chi connectivity index (χ4v) is 1.22. The monoisotopic (exact) mass is 215 g/mol. The van der Waals surface area contributed by atoms with Crippen LogP contribution >= 0.6 is 0 Å². The normalized spacial score (nSPS) is 14.4. The molecular formula is C11H21NO3. The van der Waals surface area contributed by atoms with Crippen LogP contribution in [0.25, 0.3) is 0 Å². The summed E-state index contributed by atoms with van der Waals surface area (Å²) in [6.07, 6.45) is 1.57. The lowest BCUT2D eigenvalue weighted by Crippen LogP contribution is -2.45. The van der Waals surface area contributed by atoms with Crippen molar-refractivity contribution in [1.29, 1.82) is 0 Å². The van der Waals surface area contributed by atoms with Crippen LogP contribution in [0.5, 0.6) is 0 Å². The lowest BCUT2D eigenvalue weighted by molar-refractivity contribution is -0.146. The van der Waals surface area contributed by atoms with Crippen molar-refractivity contribution >= 4 is 11.8 Å². The first-order chi connectivity index (χ1) is 7.02. The quantitative estimate of drug-likeness (QED) is 0.650. The maximum Gasteiger partial charge on any atom is 0.323 e. The second kappa shape index (κ2) is 7.40. The van der Waals surface area contributed by atoms with Crippen LogP contribution < -0.4 is 5.32 Å². The summed E-state index contributed by atoms with van der Waals surface area (Å²) in [5.74, 6) is -0.243. The van der Waals surface area contributed by atoms with Crippen molar-refractivity contribution in [1.82, 2.24) is 5.32 Å². The number of esters is 1. The fourth-order valence-electron chi connectivity index (χ4n) is 1.22. The maximum atomic E-state index is 11.5. The van der Waals surface area contributed by atoms with E-state index in [4.69, 9.17) is 4.74 Å². The SMILES string of the molecule is CCCC(N[C@@H](C)C(C)=O)C(=O)OCC. The summed E-state index contributed by atoms with van der Waals surface area (Å²) in [7, 11) is 0. The molecule has 2 atom stereocenters. The number of ketones is 1. The highest BCUT2D eigenvalue weighted by atomic mass is 16.5. The molecule has 0 fully saturated rings. The highest BCUT2D eigenvalue weighted by Gasteiger charge is 2.21. The molecule has 0 aliphatic carbocycles. The molecule has 0 aromatic rings. The third-order valence-corrected chi connectivity index (χ3v) is 2.21. The predicted octanol–water partition coefficient (Wildman–Crippen LogP) is 1.29. The zero-order valence-corrected chi connectivity index (χ0v) is 10.0. The Hall–Kier alpha value is -0.900. The van der Waals surface area contributed by atoms with Crippen LogP contribution in [0.2, 0.25) is 0 Å². The van der Waals surface area contributed by atoms with Crippen molar-refractivity contribution in [2.24, 2.45) is 0 Å². The second-order valence-electron chi connectivity index (χ2n) is 3.59. The number of carbonyl (C=O) groups excluding carboxylic acids is 2. The van der Waals surface area contributed by atoms with Crippen molar-refractivity contribution in [2.45, 2.75) is 52.6 Å². The van der Waals surface area contributed by atoms with E-state index in [9.17, 15) is 9.59 Å². The average Bonchev–Trinajstić information content (AvgIpc) is 2.17. The van der Waals surface area contributed by atoms with Gasteiger partial charge in [-0.3, -0.25) is 14.9 Å². The van der Waals surface area contributed by atoms with Gasteiger partial charge in [0.25, 0.3) is 0 Å². The van der Waals surface area contributed by atoms with Gasteiger partial charge in [0, 0.05) is 0 Å². The van der Waals surface area contributed by atoms with Crippen molar-refractivity contribution in [3.05, 3.63) is 0 Å². The van der Waals surface area contributed by atoms with E-state index in [0.717, 1.165) is 6.42 Å². The van der Waals surface area contributed by atoms with Gasteiger partial charge in [0.1, 0.15) is 11.8 Å². The van der Waals surface area contributed by atoms with Gasteiger partial charge in [-0.2, -0.15) is 0 Å². The number of hydrogen-bond donors (Lipinski definition) is 1. The van der Waals surface area contributed by atoms with Crippen molar-refractivity contribution in [3.63, 3.8) is 0 Å². The van der Waals surface area contributed by atoms with E-state index in [2.05, 4.69) is 5.32 Å². The van der Waals surface area contributed by atoms with Crippen LogP contribution in [-0.2, 0) is 14.3 Å². The summed E-state index contributed by atoms with van der Waals surface area (Å²) in [5, 5.41) is 2.98. The van der Waals surface area contributed by atoms with Gasteiger partial charge >= 0.3 is 5.97 Å². The van der Waals surface area contributed by atoms with Crippen molar-refractivity contribution < 1.29 is 14.3 Å². The lowest BCUT2D eigenvalue weighted by Gasteiger charge is -2.19. The van der Waals surface area contributed by atoms with Crippen LogP contribution in [0.4, 0.5) is 0 Å². The Labute approximate surface area is 91.4 Å². The molecule has 1 N–H and O–H groups in total. The van der Waals surface area contributed by atoms with E-state index < -0.39 is 0 Å². The summed E-state index contributed by atoms with van der Waals surface area (Å²) in [5.41, 5.74) is 0. The van der Waals surface area contributed by atoms with Crippen LogP contribution in [-0.4, -0.2) is 30.4 Å². The first-order valence-corrected chi connectivity index (χ1v) is 5.46. The minimum atomic E-state index is -0.367. The Morgan fingerprint density at radius 2 is 1.93 bits per heavy atom. The largest absolute Gasteiger partial charge is 0.465 e. The van der Waals surface area contributed by atoms with E-state index in [1.54, 1.807) is 13.8 Å². The molecule has 1 unspecified atom stereocenters. The van der Waals surface area contributed by atoms with Crippen LogP contribution in [0.1, 0.15) is 40.5 Å². The predicted molar refractivity (Wildman–Crippen MR) is 58.6 cm³/mol. The van der Waals surface area contributed by atoms with E-state index in [1.165, 1.54) is 6.92 Å². The molecule has 4 heteroatoms. The summed E-state index contributed by atoms with van der Waals surface area (Å²) < 4.78 is 4.92. The van der Waals surface area contributed by atoms with Gasteiger partial charge in [-0.05, 0) is 27.2 Å². The molecule has 0 bridgehead atoms. The topological polar surface area (TPSA) is 55.4 Å². The van der Waals surface area contributed by atoms with Crippen molar-refractivity contribution in [2.75, 3.05) is 6.61 Å². The third kappa shape index (κ3) is 5.52. The van der Waals surface area contributed by atoms with Crippen LogP contribution in [0.3, 0.4) is 0 Å². The molecule has 0 aliphatic heterocycles. The van der Waals surface area contributed by atoms with Crippen LogP contribution in [0, 0.1) is 0 Å². The third-order valence-electron chi connectivity index (χ3n) is 2.21. The first kappa shape index (κ1) is 14.1. The minimum absolute atomic E-state index is 0.0281. The van der Waals surface area contributed by atoms with Gasteiger partial charge in [-0.25, -0.2) is 0 Å². The highest BCUT2D eigenvalue weighted by Crippen LogP contribution is 2.01. The van der Waals surface area contributed by atoms with Gasteiger partial charge < -0.3 is 4.74 Å². The van der Waals surface area contributed by atoms with E-state index in [-0.39, 0.29) is 23.8 Å². The lowest BCUT2D eigenvalue weighted by atomic mass is 10.1. The molecule has 0 aromatic carbocycles. The summed E-state index contributed by atoms with van der Waals surface area (Å²) in [6, 6.07) is -0.667. The summed E-state index contributed by atoms with van der Waals surface area (Å²) in [6.45, 7) is 7.40. The molecule has 0 saturated heterocycles. The fraction of sp³-hybridized carbons (Fsp3) is 0.818. The summed E-state index contributed by atoms with van der Waals surface area (Å²) >= 11 is 0. The number of hydrogen-bond acceptors (Lipinski definition) is 4. The van der Waals surface area contributed by atoms with E-state index in [0.29, 0.717) is 13.0 Å². The molecule has 4 nitrogen and oxygen atoms in total. The zero-order chi connectivity index (χ0) is 11.8. The second-order valence-corrected chi connectivity index (χ2v) is 3.59. The average molecular weight is 215 g/mol. The molecule has 88 valence electrons. The highest BCUT2D eigenvalue weighted by molar-refractivity contribution is 5.82. The number of Topliss-reactive ketones (excluding diaryl/α,β-unsaturated/α-hetero) is 1. The number of nitrogens with one attached hydrogen (secondary N) is 1. The standard InChI is InChI=1S/C11H21NO3/c1-5-7-10(11(14)15-6-2)12-8(3)9(4)13/h8,10,12H,5-7H2,1-4H3/t8-,10?/m0/s1. The molecule has 0 spiro atoms. The van der Waals surface area contributed by atoms with Gasteiger partial charge in [0.05, 0.1) is 12.6 Å². The molecule has 0 radical (unpaired) electrons. The Morgan fingerprint density at radius 3 is 2.33 bits per heavy atom. The van der Waals surface area contributed by atoms with Gasteiger partial charge in [-0.1, -0.05) is 13.3 Å². The summed E-state index contributed by atoms with van der Waals surface area (Å²) in [4.78, 5) is 22.5. The Balaban J connectivity index is 4.25. The number of rotatable bonds is 7. The Kier molecular flexibility index (Phi) is 6.96. The number of carbonyl (C=O) groups is 2. The van der Waals surface area contributed by atoms with Crippen LogP contribution in [0.15, 0.2) is 0 Å². The molecule has 0 saturated carbocycles. The maximum absolute atomic E-state index is 11.5. The van der Waals surface area contributed by atoms with Gasteiger partial charge in [0.15, 0.2) is 0 Å². The molecule has 0 aromatic heterocycles. The Morgan fingerprint density at radius 1 is 1.33 bits per heavy atom. The first-order valence-electron chi connectivity index (χ1n) is 5.46. The minimum Gasteiger partial charge on any atom is -0.465 e. The van der Waals surface area contributed by atoms with Gasteiger partial charge in [0.2, 0.25) is 0 Å². The van der Waals surface area contributed by atoms with E-state index in [1.807, 2.05) is 6.92 Å². The van der Waals surface area contributed by atoms with E-state index >= 15 is 0 Å². The molecular weight excluding hydrogens is 194 g/mol. The Bertz CT molecular complexity index is 216. The smallest absolute Gasteiger partial charge is 0.323 e. The molecule has 0 heterocycles. The number of ether oxygens (including phenoxy) is 1. The molecule has 15 heavy (non-hydrogen) atoms. The van der Waals surface area contributed by atoms with Gasteiger partial charge in [-0.15, -0.1) is 0 Å².